The molecule has 0 unspecified atom stereocenters. The van der Waals surface area contributed by atoms with Crippen molar-refractivity contribution in [3.63, 3.8) is 0 Å². The lowest BCUT2D eigenvalue weighted by atomic mass is 10.1. The predicted octanol–water partition coefficient (Wildman–Crippen LogP) is 2.43. The monoisotopic (exact) mass is 245 g/mol. The normalized spacial score (nSPS) is 10.6. The smallest absolute Gasteiger partial charge is 0.139 e. The molecule has 0 saturated heterocycles. The summed E-state index contributed by atoms with van der Waals surface area (Å²) in [7, 11) is 1.66. The van der Waals surface area contributed by atoms with Gasteiger partial charge in [0.15, 0.2) is 0 Å². The van der Waals surface area contributed by atoms with Crippen LogP contribution in [0.25, 0.3) is 11.4 Å². The van der Waals surface area contributed by atoms with E-state index in [0.717, 1.165) is 35.7 Å². The molecule has 0 aliphatic carbocycles. The molecule has 18 heavy (non-hydrogen) atoms. The third-order valence-electron chi connectivity index (χ3n) is 2.94. The van der Waals surface area contributed by atoms with Gasteiger partial charge < -0.3 is 15.0 Å². The van der Waals surface area contributed by atoms with Crippen LogP contribution >= 0.6 is 0 Å². The average molecular weight is 245 g/mol. The van der Waals surface area contributed by atoms with Crippen molar-refractivity contribution in [3.8, 4) is 17.1 Å². The van der Waals surface area contributed by atoms with E-state index in [2.05, 4.69) is 16.5 Å². The van der Waals surface area contributed by atoms with Crippen LogP contribution in [0.5, 0.6) is 5.75 Å². The van der Waals surface area contributed by atoms with E-state index >= 15 is 0 Å². The molecule has 0 aliphatic rings. The van der Waals surface area contributed by atoms with Gasteiger partial charge in [-0.05, 0) is 24.6 Å². The maximum Gasteiger partial charge on any atom is 0.139 e. The number of ether oxygens (including phenoxy) is 1. The molecular weight excluding hydrogens is 226 g/mol. The Kier molecular flexibility index (Phi) is 3.99. The van der Waals surface area contributed by atoms with E-state index in [4.69, 9.17) is 10.5 Å². The lowest BCUT2D eigenvalue weighted by Crippen LogP contribution is -2.02. The van der Waals surface area contributed by atoms with Gasteiger partial charge in [0.05, 0.1) is 7.11 Å². The average Bonchev–Trinajstić information content (AvgIpc) is 2.86. The van der Waals surface area contributed by atoms with Gasteiger partial charge in [-0.15, -0.1) is 0 Å². The molecule has 96 valence electrons. The highest BCUT2D eigenvalue weighted by Crippen LogP contribution is 2.25. The standard InChI is InChI=1S/C14H19N3O/c1-3-7-17-8-6-16-14(17)11-4-5-13(18-2)12(9-11)10-15/h4-6,8-9H,3,7,10,15H2,1-2H3. The Bertz CT molecular complexity index is 520. The second-order valence-electron chi connectivity index (χ2n) is 4.17. The summed E-state index contributed by atoms with van der Waals surface area (Å²) >= 11 is 0. The number of methoxy groups -OCH3 is 1. The molecule has 1 aromatic carbocycles. The third kappa shape index (κ3) is 2.38. The number of hydrogen-bond acceptors (Lipinski definition) is 3. The van der Waals surface area contributed by atoms with Gasteiger partial charge in [-0.2, -0.15) is 0 Å². The highest BCUT2D eigenvalue weighted by atomic mass is 16.5. The van der Waals surface area contributed by atoms with E-state index in [9.17, 15) is 0 Å². The van der Waals surface area contributed by atoms with Crippen LogP contribution in [-0.2, 0) is 13.1 Å². The molecule has 2 N–H and O–H groups in total. The van der Waals surface area contributed by atoms with Crippen LogP contribution in [0, 0.1) is 0 Å². The molecule has 1 heterocycles. The van der Waals surface area contributed by atoms with Crippen molar-refractivity contribution in [2.24, 2.45) is 5.73 Å². The first-order chi connectivity index (χ1) is 8.80. The Balaban J connectivity index is 2.41. The van der Waals surface area contributed by atoms with E-state index in [1.807, 2.05) is 30.6 Å². The first kappa shape index (κ1) is 12.6. The molecule has 0 amide bonds. The summed E-state index contributed by atoms with van der Waals surface area (Å²) < 4.78 is 7.43. The number of rotatable bonds is 5. The van der Waals surface area contributed by atoms with Gasteiger partial charge in [-0.1, -0.05) is 6.92 Å². The quantitative estimate of drug-likeness (QED) is 0.880. The van der Waals surface area contributed by atoms with E-state index in [-0.39, 0.29) is 0 Å². The van der Waals surface area contributed by atoms with E-state index in [1.54, 1.807) is 7.11 Å². The van der Waals surface area contributed by atoms with Crippen molar-refractivity contribution in [1.29, 1.82) is 0 Å². The number of aromatic nitrogens is 2. The molecule has 1 aromatic heterocycles. The van der Waals surface area contributed by atoms with Gasteiger partial charge in [0.2, 0.25) is 0 Å². The van der Waals surface area contributed by atoms with Crippen molar-refractivity contribution in [2.45, 2.75) is 26.4 Å². The van der Waals surface area contributed by atoms with E-state index < -0.39 is 0 Å². The number of nitrogens with zero attached hydrogens (tertiary/aromatic N) is 2. The fourth-order valence-corrected chi connectivity index (χ4v) is 2.07. The van der Waals surface area contributed by atoms with E-state index in [0.29, 0.717) is 6.54 Å². The zero-order valence-corrected chi connectivity index (χ0v) is 10.9. The highest BCUT2D eigenvalue weighted by molar-refractivity contribution is 5.59. The summed E-state index contributed by atoms with van der Waals surface area (Å²) in [5.41, 5.74) is 7.82. The minimum absolute atomic E-state index is 0.464. The van der Waals surface area contributed by atoms with Gasteiger partial charge in [-0.25, -0.2) is 4.98 Å². The number of benzene rings is 1. The minimum Gasteiger partial charge on any atom is -0.496 e. The summed E-state index contributed by atoms with van der Waals surface area (Å²) in [4.78, 5) is 4.42. The maximum absolute atomic E-state index is 5.74. The largest absolute Gasteiger partial charge is 0.496 e. The van der Waals surface area contributed by atoms with Crippen molar-refractivity contribution in [3.05, 3.63) is 36.2 Å². The number of nitrogens with two attached hydrogens (primary N) is 1. The first-order valence-corrected chi connectivity index (χ1v) is 6.18. The Morgan fingerprint density at radius 3 is 2.89 bits per heavy atom. The number of hydrogen-bond donors (Lipinski definition) is 1. The van der Waals surface area contributed by atoms with E-state index in [1.165, 1.54) is 0 Å². The third-order valence-corrected chi connectivity index (χ3v) is 2.94. The molecule has 0 fully saturated rings. The van der Waals surface area contributed by atoms with Crippen LogP contribution in [0.3, 0.4) is 0 Å². The topological polar surface area (TPSA) is 53.1 Å². The Morgan fingerprint density at radius 1 is 1.39 bits per heavy atom. The Hall–Kier alpha value is -1.81. The summed E-state index contributed by atoms with van der Waals surface area (Å²) in [6.45, 7) is 3.59. The lowest BCUT2D eigenvalue weighted by molar-refractivity contribution is 0.410. The van der Waals surface area contributed by atoms with Crippen LogP contribution in [-0.4, -0.2) is 16.7 Å². The van der Waals surface area contributed by atoms with Crippen LogP contribution in [0.15, 0.2) is 30.6 Å². The molecule has 0 bridgehead atoms. The van der Waals surface area contributed by atoms with Gasteiger partial charge in [0.25, 0.3) is 0 Å². The fraction of sp³-hybridized carbons (Fsp3) is 0.357. The molecule has 0 saturated carbocycles. The van der Waals surface area contributed by atoms with Crippen molar-refractivity contribution >= 4 is 0 Å². The summed E-state index contributed by atoms with van der Waals surface area (Å²) in [5, 5.41) is 0. The van der Waals surface area contributed by atoms with Crippen LogP contribution in [0.4, 0.5) is 0 Å². The predicted molar refractivity (Wildman–Crippen MR) is 72.4 cm³/mol. The minimum atomic E-state index is 0.464. The maximum atomic E-state index is 5.74. The van der Waals surface area contributed by atoms with Crippen LogP contribution in [0.2, 0.25) is 0 Å². The van der Waals surface area contributed by atoms with Crippen LogP contribution < -0.4 is 10.5 Å². The molecule has 0 spiro atoms. The zero-order valence-electron chi connectivity index (χ0n) is 10.9. The summed E-state index contributed by atoms with van der Waals surface area (Å²) in [5.74, 6) is 1.81. The number of aryl methyl sites for hydroxylation is 1. The second-order valence-corrected chi connectivity index (χ2v) is 4.17. The van der Waals surface area contributed by atoms with Crippen molar-refractivity contribution < 1.29 is 4.74 Å². The van der Waals surface area contributed by atoms with Gasteiger partial charge >= 0.3 is 0 Å². The second kappa shape index (κ2) is 5.69. The van der Waals surface area contributed by atoms with Gasteiger partial charge in [0, 0.05) is 36.6 Å². The molecule has 0 aliphatic heterocycles. The fourth-order valence-electron chi connectivity index (χ4n) is 2.07. The zero-order chi connectivity index (χ0) is 13.0. The molecule has 4 heteroatoms. The highest BCUT2D eigenvalue weighted by Gasteiger charge is 2.08. The van der Waals surface area contributed by atoms with Gasteiger partial charge in [0.1, 0.15) is 11.6 Å². The summed E-state index contributed by atoms with van der Waals surface area (Å²) in [6, 6.07) is 6.02. The summed E-state index contributed by atoms with van der Waals surface area (Å²) in [6.07, 6.45) is 4.92. The Morgan fingerprint density at radius 2 is 2.22 bits per heavy atom. The molecule has 0 radical (unpaired) electrons. The number of imidazole rings is 1. The first-order valence-electron chi connectivity index (χ1n) is 6.18. The SMILES string of the molecule is CCCn1ccnc1-c1ccc(OC)c(CN)c1. The van der Waals surface area contributed by atoms with Crippen LogP contribution in [0.1, 0.15) is 18.9 Å². The Labute approximate surface area is 107 Å². The van der Waals surface area contributed by atoms with Crippen molar-refractivity contribution in [1.82, 2.24) is 9.55 Å². The van der Waals surface area contributed by atoms with Crippen molar-refractivity contribution in [2.75, 3.05) is 7.11 Å². The molecule has 2 aromatic rings. The van der Waals surface area contributed by atoms with Gasteiger partial charge in [-0.3, -0.25) is 0 Å². The molecule has 4 nitrogen and oxygen atoms in total. The lowest BCUT2D eigenvalue weighted by Gasteiger charge is -2.10. The molecular formula is C14H19N3O. The molecule has 2 rings (SSSR count). The molecule has 0 atom stereocenters.